The van der Waals surface area contributed by atoms with Crippen molar-refractivity contribution in [3.05, 3.63) is 29.3 Å². The molecular formula is C20H29N3OS. The third kappa shape index (κ3) is 3.88. The molecule has 4 rings (SSSR count). The van der Waals surface area contributed by atoms with Crippen molar-refractivity contribution >= 4 is 23.4 Å². The smallest absolute Gasteiger partial charge is 0.228 e. The van der Waals surface area contributed by atoms with Gasteiger partial charge in [-0.1, -0.05) is 12.1 Å². The van der Waals surface area contributed by atoms with Gasteiger partial charge in [-0.15, -0.1) is 0 Å². The summed E-state index contributed by atoms with van der Waals surface area (Å²) >= 11 is 2.05. The largest absolute Gasteiger partial charge is 0.326 e. The number of carbonyl (C=O) groups excluding carboxylic acids is 1. The zero-order valence-electron chi connectivity index (χ0n) is 15.1. The quantitative estimate of drug-likeness (QED) is 0.868. The van der Waals surface area contributed by atoms with E-state index in [1.807, 2.05) is 11.8 Å². The Hall–Kier alpha value is -1.04. The number of nitrogens with one attached hydrogen (secondary N) is 2. The summed E-state index contributed by atoms with van der Waals surface area (Å²) in [5, 5.41) is 6.60. The number of carbonyl (C=O) groups is 1. The SMILES string of the molecule is Cc1cc(CN2CCSCC2)ccc1NC(=O)C1CC12CCNCC2. The number of hydrogen-bond donors (Lipinski definition) is 2. The van der Waals surface area contributed by atoms with Crippen LogP contribution in [-0.2, 0) is 11.3 Å². The van der Waals surface area contributed by atoms with Crippen molar-refractivity contribution in [1.29, 1.82) is 0 Å². The van der Waals surface area contributed by atoms with Crippen LogP contribution in [0.5, 0.6) is 0 Å². The monoisotopic (exact) mass is 359 g/mol. The first-order valence-corrected chi connectivity index (χ1v) is 10.7. The van der Waals surface area contributed by atoms with Crippen molar-refractivity contribution in [1.82, 2.24) is 10.2 Å². The summed E-state index contributed by atoms with van der Waals surface area (Å²) < 4.78 is 0. The molecule has 1 unspecified atom stereocenters. The highest BCUT2D eigenvalue weighted by atomic mass is 32.2. The van der Waals surface area contributed by atoms with E-state index >= 15 is 0 Å². The Morgan fingerprint density at radius 3 is 2.80 bits per heavy atom. The van der Waals surface area contributed by atoms with Crippen molar-refractivity contribution in [3.8, 4) is 0 Å². The maximum absolute atomic E-state index is 12.7. The van der Waals surface area contributed by atoms with Crippen LogP contribution in [0.2, 0.25) is 0 Å². The molecule has 1 amide bonds. The van der Waals surface area contributed by atoms with Gasteiger partial charge in [0.25, 0.3) is 0 Å². The first-order chi connectivity index (χ1) is 12.2. The summed E-state index contributed by atoms with van der Waals surface area (Å²) in [6, 6.07) is 6.51. The van der Waals surface area contributed by atoms with Crippen molar-refractivity contribution in [2.24, 2.45) is 11.3 Å². The van der Waals surface area contributed by atoms with Crippen molar-refractivity contribution in [3.63, 3.8) is 0 Å². The summed E-state index contributed by atoms with van der Waals surface area (Å²) in [6.07, 6.45) is 3.37. The van der Waals surface area contributed by atoms with E-state index in [0.29, 0.717) is 5.41 Å². The Labute approximate surface area is 155 Å². The molecule has 1 spiro atoms. The molecule has 1 atom stereocenters. The molecule has 25 heavy (non-hydrogen) atoms. The number of anilines is 1. The van der Waals surface area contributed by atoms with Gasteiger partial charge in [-0.05, 0) is 61.9 Å². The molecule has 2 heterocycles. The lowest BCUT2D eigenvalue weighted by Gasteiger charge is -2.26. The molecule has 2 saturated heterocycles. The number of rotatable bonds is 4. The maximum atomic E-state index is 12.7. The fourth-order valence-corrected chi connectivity index (χ4v) is 5.38. The number of piperidine rings is 1. The number of hydrogen-bond acceptors (Lipinski definition) is 4. The Bertz CT molecular complexity index is 636. The van der Waals surface area contributed by atoms with E-state index in [2.05, 4.69) is 40.7 Å². The van der Waals surface area contributed by atoms with Crippen LogP contribution >= 0.6 is 11.8 Å². The Morgan fingerprint density at radius 1 is 1.32 bits per heavy atom. The molecule has 4 nitrogen and oxygen atoms in total. The summed E-state index contributed by atoms with van der Waals surface area (Å²) in [5.74, 6) is 2.93. The number of benzene rings is 1. The van der Waals surface area contributed by atoms with E-state index < -0.39 is 0 Å². The molecule has 0 radical (unpaired) electrons. The molecule has 136 valence electrons. The second kappa shape index (κ2) is 7.29. The molecular weight excluding hydrogens is 330 g/mol. The van der Waals surface area contributed by atoms with Gasteiger partial charge in [0.05, 0.1) is 0 Å². The zero-order chi connectivity index (χ0) is 17.3. The predicted octanol–water partition coefficient (Wildman–Crippen LogP) is 2.87. The van der Waals surface area contributed by atoms with Gasteiger partial charge >= 0.3 is 0 Å². The van der Waals surface area contributed by atoms with Crippen LogP contribution in [0, 0.1) is 18.3 Å². The van der Waals surface area contributed by atoms with E-state index in [4.69, 9.17) is 0 Å². The minimum atomic E-state index is 0.222. The lowest BCUT2D eigenvalue weighted by Crippen LogP contribution is -2.32. The standard InChI is InChI=1S/C20H29N3OS/c1-15-12-16(14-23-8-10-25-11-9-23)2-3-18(15)22-19(24)17-13-20(17)4-6-21-7-5-20/h2-3,12,17,21H,4-11,13-14H2,1H3,(H,22,24). The fourth-order valence-electron chi connectivity index (χ4n) is 4.40. The Balaban J connectivity index is 1.35. The summed E-state index contributed by atoms with van der Waals surface area (Å²) in [6.45, 7) is 7.62. The second-order valence-electron chi connectivity index (χ2n) is 7.90. The van der Waals surface area contributed by atoms with Crippen LogP contribution in [-0.4, -0.2) is 48.5 Å². The van der Waals surface area contributed by atoms with Crippen LogP contribution < -0.4 is 10.6 Å². The minimum absolute atomic E-state index is 0.222. The van der Waals surface area contributed by atoms with Crippen LogP contribution in [0.4, 0.5) is 5.69 Å². The second-order valence-corrected chi connectivity index (χ2v) is 9.12. The van der Waals surface area contributed by atoms with Crippen LogP contribution in [0.1, 0.15) is 30.4 Å². The van der Waals surface area contributed by atoms with E-state index in [9.17, 15) is 4.79 Å². The lowest BCUT2D eigenvalue weighted by molar-refractivity contribution is -0.118. The van der Waals surface area contributed by atoms with Gasteiger partial charge < -0.3 is 10.6 Å². The highest BCUT2D eigenvalue weighted by Gasteiger charge is 2.57. The van der Waals surface area contributed by atoms with Gasteiger partial charge in [-0.3, -0.25) is 9.69 Å². The molecule has 1 aromatic carbocycles. The normalized spacial score (nSPS) is 25.7. The number of aryl methyl sites for hydroxylation is 1. The first-order valence-electron chi connectivity index (χ1n) is 9.58. The van der Waals surface area contributed by atoms with E-state index in [0.717, 1.165) is 44.6 Å². The zero-order valence-corrected chi connectivity index (χ0v) is 16.0. The molecule has 5 heteroatoms. The summed E-state index contributed by atoms with van der Waals surface area (Å²) in [4.78, 5) is 15.2. The Morgan fingerprint density at radius 2 is 2.08 bits per heavy atom. The topological polar surface area (TPSA) is 44.4 Å². The number of nitrogens with zero attached hydrogens (tertiary/aromatic N) is 1. The third-order valence-corrected chi connectivity index (χ3v) is 7.11. The number of amides is 1. The van der Waals surface area contributed by atoms with Gasteiger partial charge in [-0.25, -0.2) is 0 Å². The molecule has 3 fully saturated rings. The van der Waals surface area contributed by atoms with E-state index in [-0.39, 0.29) is 11.8 Å². The molecule has 3 aliphatic rings. The van der Waals surface area contributed by atoms with Crippen LogP contribution in [0.15, 0.2) is 18.2 Å². The minimum Gasteiger partial charge on any atom is -0.326 e. The molecule has 1 aliphatic carbocycles. The highest BCUT2D eigenvalue weighted by Crippen LogP contribution is 2.58. The Kier molecular flexibility index (Phi) is 5.07. The lowest BCUT2D eigenvalue weighted by atomic mass is 9.91. The fraction of sp³-hybridized carbons (Fsp3) is 0.650. The van der Waals surface area contributed by atoms with Crippen molar-refractivity contribution in [2.45, 2.75) is 32.7 Å². The van der Waals surface area contributed by atoms with Crippen LogP contribution in [0.25, 0.3) is 0 Å². The van der Waals surface area contributed by atoms with Gasteiger partial charge in [-0.2, -0.15) is 11.8 Å². The molecule has 2 N–H and O–H groups in total. The van der Waals surface area contributed by atoms with Gasteiger partial charge in [0.1, 0.15) is 0 Å². The van der Waals surface area contributed by atoms with Gasteiger partial charge in [0.2, 0.25) is 5.91 Å². The van der Waals surface area contributed by atoms with Crippen molar-refractivity contribution < 1.29 is 4.79 Å². The number of thioether (sulfide) groups is 1. The average Bonchev–Trinajstić information content (AvgIpc) is 3.32. The van der Waals surface area contributed by atoms with E-state index in [1.165, 1.54) is 35.7 Å². The summed E-state index contributed by atoms with van der Waals surface area (Å²) in [5.41, 5.74) is 3.81. The van der Waals surface area contributed by atoms with Crippen molar-refractivity contribution in [2.75, 3.05) is 43.0 Å². The molecule has 2 aliphatic heterocycles. The molecule has 1 aromatic rings. The molecule has 0 aromatic heterocycles. The van der Waals surface area contributed by atoms with Crippen LogP contribution in [0.3, 0.4) is 0 Å². The molecule has 1 saturated carbocycles. The average molecular weight is 360 g/mol. The maximum Gasteiger partial charge on any atom is 0.228 e. The van der Waals surface area contributed by atoms with Gasteiger partial charge in [0, 0.05) is 42.7 Å². The predicted molar refractivity (Wildman–Crippen MR) is 105 cm³/mol. The first kappa shape index (κ1) is 17.4. The van der Waals surface area contributed by atoms with E-state index in [1.54, 1.807) is 0 Å². The third-order valence-electron chi connectivity index (χ3n) is 6.16. The molecule has 0 bridgehead atoms. The highest BCUT2D eigenvalue weighted by molar-refractivity contribution is 7.99. The van der Waals surface area contributed by atoms with Gasteiger partial charge in [0.15, 0.2) is 0 Å². The summed E-state index contributed by atoms with van der Waals surface area (Å²) in [7, 11) is 0.